The predicted octanol–water partition coefficient (Wildman–Crippen LogP) is 1.97. The van der Waals surface area contributed by atoms with Gasteiger partial charge in [0, 0.05) is 30.8 Å². The second-order valence-electron chi connectivity index (χ2n) is 8.41. The normalized spacial score (nSPS) is 19.4. The van der Waals surface area contributed by atoms with Gasteiger partial charge in [0.25, 0.3) is 0 Å². The number of rotatable bonds is 4. The van der Waals surface area contributed by atoms with Gasteiger partial charge in [0.1, 0.15) is 12.4 Å². The topological polar surface area (TPSA) is 89.3 Å². The second-order valence-corrected chi connectivity index (χ2v) is 8.41. The van der Waals surface area contributed by atoms with Gasteiger partial charge < -0.3 is 19.5 Å². The van der Waals surface area contributed by atoms with E-state index in [1.54, 1.807) is 13.1 Å². The fourth-order valence-corrected chi connectivity index (χ4v) is 5.09. The van der Waals surface area contributed by atoms with Gasteiger partial charge in [-0.25, -0.2) is 9.97 Å². The zero-order valence-corrected chi connectivity index (χ0v) is 18.8. The van der Waals surface area contributed by atoms with Crippen LogP contribution in [0.1, 0.15) is 50.3 Å². The fraction of sp³-hybridized carbons (Fsp3) is 0.619. The third-order valence-corrected chi connectivity index (χ3v) is 6.29. The Morgan fingerprint density at radius 3 is 2.70 bits per heavy atom. The summed E-state index contributed by atoms with van der Waals surface area (Å²) in [4.78, 5) is 37.1. The summed E-state index contributed by atoms with van der Waals surface area (Å²) < 4.78 is 7.10. The number of halogens is 1. The molecule has 164 valence electrons. The van der Waals surface area contributed by atoms with Crippen molar-refractivity contribution in [2.75, 3.05) is 38.7 Å². The SMILES string of the molecule is CCOC(=O)Cn1c2c(c(=O)c3nc(N(C)C)cnc31)C1(CCNCC1)CC2C.Cl. The van der Waals surface area contributed by atoms with Crippen molar-refractivity contribution in [2.24, 2.45) is 0 Å². The Balaban J connectivity index is 0.00000256. The number of hydrogen-bond acceptors (Lipinski definition) is 7. The lowest BCUT2D eigenvalue weighted by Gasteiger charge is -2.34. The van der Waals surface area contributed by atoms with Crippen LogP contribution in [0.4, 0.5) is 5.82 Å². The van der Waals surface area contributed by atoms with Gasteiger partial charge in [-0.1, -0.05) is 6.92 Å². The summed E-state index contributed by atoms with van der Waals surface area (Å²) in [5, 5.41) is 3.41. The molecule has 30 heavy (non-hydrogen) atoms. The first-order valence-corrected chi connectivity index (χ1v) is 10.4. The number of fused-ring (bicyclic) bond motifs is 3. The number of carbonyl (C=O) groups is 1. The predicted molar refractivity (Wildman–Crippen MR) is 119 cm³/mol. The highest BCUT2D eigenvalue weighted by Crippen LogP contribution is 2.49. The molecule has 1 aliphatic heterocycles. The lowest BCUT2D eigenvalue weighted by Crippen LogP contribution is -2.41. The van der Waals surface area contributed by atoms with E-state index < -0.39 is 0 Å². The quantitative estimate of drug-likeness (QED) is 0.734. The zero-order chi connectivity index (χ0) is 20.8. The van der Waals surface area contributed by atoms with Crippen LogP contribution < -0.4 is 15.6 Å². The molecule has 0 aromatic carbocycles. The Morgan fingerprint density at radius 1 is 1.37 bits per heavy atom. The van der Waals surface area contributed by atoms with Crippen LogP contribution in [0.3, 0.4) is 0 Å². The van der Waals surface area contributed by atoms with Crippen molar-refractivity contribution in [3.63, 3.8) is 0 Å². The van der Waals surface area contributed by atoms with Gasteiger partial charge in [-0.2, -0.15) is 0 Å². The van der Waals surface area contributed by atoms with E-state index in [1.165, 1.54) is 0 Å². The molecule has 0 amide bonds. The van der Waals surface area contributed by atoms with Crippen LogP contribution in [0.15, 0.2) is 11.0 Å². The molecule has 1 fully saturated rings. The number of ether oxygens (including phenoxy) is 1. The third kappa shape index (κ3) is 3.56. The largest absolute Gasteiger partial charge is 0.465 e. The summed E-state index contributed by atoms with van der Waals surface area (Å²) in [6.07, 6.45) is 4.41. The zero-order valence-electron chi connectivity index (χ0n) is 18.0. The highest BCUT2D eigenvalue weighted by molar-refractivity contribution is 5.85. The van der Waals surface area contributed by atoms with E-state index in [4.69, 9.17) is 4.74 Å². The number of esters is 1. The number of nitrogens with one attached hydrogen (secondary N) is 1. The molecular formula is C21H30ClN5O3. The van der Waals surface area contributed by atoms with Crippen molar-refractivity contribution >= 4 is 35.4 Å². The molecule has 1 spiro atoms. The van der Waals surface area contributed by atoms with Crippen LogP contribution in [0.25, 0.3) is 11.2 Å². The molecule has 1 unspecified atom stereocenters. The first-order chi connectivity index (χ1) is 13.9. The molecule has 4 rings (SSSR count). The molecule has 1 saturated heterocycles. The third-order valence-electron chi connectivity index (χ3n) is 6.29. The maximum absolute atomic E-state index is 13.7. The molecular weight excluding hydrogens is 406 g/mol. The van der Waals surface area contributed by atoms with Gasteiger partial charge in [0.05, 0.1) is 12.8 Å². The number of nitrogens with zero attached hydrogens (tertiary/aromatic N) is 4. The standard InChI is InChI=1S/C21H29N5O3.ClH/c1-5-29-15(27)12-26-18-13(2)10-21(6-8-22-9-7-21)16(18)19(28)17-20(26)23-11-14(24-17)25(3)4;/h11,13,22H,5-10,12H2,1-4H3;1H. The Labute approximate surface area is 182 Å². The molecule has 2 aromatic rings. The smallest absolute Gasteiger partial charge is 0.326 e. The molecule has 2 aromatic heterocycles. The number of hydrogen-bond donors (Lipinski definition) is 1. The molecule has 1 atom stereocenters. The van der Waals surface area contributed by atoms with Gasteiger partial charge in [-0.05, 0) is 45.2 Å². The lowest BCUT2D eigenvalue weighted by atomic mass is 9.74. The molecule has 9 heteroatoms. The van der Waals surface area contributed by atoms with E-state index in [0.29, 0.717) is 23.6 Å². The van der Waals surface area contributed by atoms with E-state index >= 15 is 0 Å². The number of pyridine rings is 1. The average molecular weight is 436 g/mol. The molecule has 1 aliphatic carbocycles. The Bertz CT molecular complexity index is 1010. The number of anilines is 1. The van der Waals surface area contributed by atoms with Crippen molar-refractivity contribution in [1.29, 1.82) is 0 Å². The van der Waals surface area contributed by atoms with E-state index in [9.17, 15) is 9.59 Å². The van der Waals surface area contributed by atoms with Gasteiger partial charge in [-0.3, -0.25) is 9.59 Å². The van der Waals surface area contributed by atoms with E-state index in [0.717, 1.165) is 43.6 Å². The first kappa shape index (κ1) is 22.5. The minimum atomic E-state index is -0.323. The maximum atomic E-state index is 13.7. The van der Waals surface area contributed by atoms with Crippen molar-refractivity contribution in [2.45, 2.75) is 51.0 Å². The van der Waals surface area contributed by atoms with E-state index in [-0.39, 0.29) is 41.7 Å². The summed E-state index contributed by atoms with van der Waals surface area (Å²) in [6, 6.07) is 0. The van der Waals surface area contributed by atoms with Crippen molar-refractivity contribution in [3.05, 3.63) is 27.7 Å². The lowest BCUT2D eigenvalue weighted by molar-refractivity contribution is -0.143. The van der Waals surface area contributed by atoms with Crippen LogP contribution in [0.2, 0.25) is 0 Å². The fourth-order valence-electron chi connectivity index (χ4n) is 5.09. The highest BCUT2D eigenvalue weighted by Gasteiger charge is 2.47. The average Bonchev–Trinajstić information content (AvgIpc) is 2.97. The summed E-state index contributed by atoms with van der Waals surface area (Å²) >= 11 is 0. The van der Waals surface area contributed by atoms with Crippen LogP contribution in [-0.4, -0.2) is 54.3 Å². The van der Waals surface area contributed by atoms with Gasteiger partial charge in [0.15, 0.2) is 11.2 Å². The summed E-state index contributed by atoms with van der Waals surface area (Å²) in [5.41, 5.74) is 2.39. The van der Waals surface area contributed by atoms with Crippen molar-refractivity contribution in [3.8, 4) is 0 Å². The van der Waals surface area contributed by atoms with Crippen LogP contribution >= 0.6 is 12.4 Å². The van der Waals surface area contributed by atoms with Gasteiger partial charge in [-0.15, -0.1) is 12.4 Å². The maximum Gasteiger partial charge on any atom is 0.326 e. The second kappa shape index (κ2) is 8.51. The molecule has 0 radical (unpaired) electrons. The highest BCUT2D eigenvalue weighted by atomic mass is 35.5. The van der Waals surface area contributed by atoms with Gasteiger partial charge >= 0.3 is 5.97 Å². The van der Waals surface area contributed by atoms with Crippen LogP contribution in [-0.2, 0) is 21.5 Å². The Morgan fingerprint density at radius 2 is 2.07 bits per heavy atom. The monoisotopic (exact) mass is 435 g/mol. The minimum absolute atomic E-state index is 0. The van der Waals surface area contributed by atoms with Gasteiger partial charge in [0.2, 0.25) is 5.43 Å². The Hall–Kier alpha value is -2.19. The van der Waals surface area contributed by atoms with E-state index in [2.05, 4.69) is 22.2 Å². The molecule has 8 nitrogen and oxygen atoms in total. The molecule has 3 heterocycles. The molecule has 2 aliphatic rings. The first-order valence-electron chi connectivity index (χ1n) is 10.4. The van der Waals surface area contributed by atoms with Crippen LogP contribution in [0.5, 0.6) is 0 Å². The molecule has 0 saturated carbocycles. The van der Waals surface area contributed by atoms with Crippen molar-refractivity contribution < 1.29 is 9.53 Å². The van der Waals surface area contributed by atoms with E-state index in [1.807, 2.05) is 23.6 Å². The minimum Gasteiger partial charge on any atom is -0.465 e. The molecule has 0 bridgehead atoms. The van der Waals surface area contributed by atoms with Crippen LogP contribution in [0, 0.1) is 0 Å². The molecule has 1 N–H and O–H groups in total. The summed E-state index contributed by atoms with van der Waals surface area (Å²) in [6.45, 7) is 6.09. The number of piperidine rings is 1. The number of aromatic nitrogens is 3. The Kier molecular flexibility index (Phi) is 6.38. The summed E-state index contributed by atoms with van der Waals surface area (Å²) in [5.74, 6) is 0.476. The summed E-state index contributed by atoms with van der Waals surface area (Å²) in [7, 11) is 3.74. The number of carbonyl (C=O) groups excluding carboxylic acids is 1. The van der Waals surface area contributed by atoms with Crippen molar-refractivity contribution in [1.82, 2.24) is 19.9 Å².